The molecule has 6 heteroatoms. The highest BCUT2D eigenvalue weighted by atomic mass is 32.2. The summed E-state index contributed by atoms with van der Waals surface area (Å²) >= 11 is 0. The number of nitrogens with one attached hydrogen (secondary N) is 2. The molecular formula is C15H20N2O3S. The second-order valence-electron chi connectivity index (χ2n) is 4.77. The van der Waals surface area contributed by atoms with Crippen molar-refractivity contribution < 1.29 is 12.8 Å². The smallest absolute Gasteiger partial charge is 0.265 e. The molecule has 5 nitrogen and oxygen atoms in total. The van der Waals surface area contributed by atoms with Crippen LogP contribution in [-0.4, -0.2) is 15.0 Å². The lowest BCUT2D eigenvalue weighted by atomic mass is 10.2. The minimum Gasteiger partial charge on any atom is -0.465 e. The van der Waals surface area contributed by atoms with E-state index in [0.29, 0.717) is 29.3 Å². The van der Waals surface area contributed by atoms with Crippen molar-refractivity contribution in [3.8, 4) is 0 Å². The molecule has 0 bridgehead atoms. The van der Waals surface area contributed by atoms with Crippen LogP contribution in [0.2, 0.25) is 0 Å². The van der Waals surface area contributed by atoms with E-state index in [1.165, 1.54) is 0 Å². The van der Waals surface area contributed by atoms with Crippen LogP contribution in [0.15, 0.2) is 39.6 Å². The molecule has 1 aromatic carbocycles. The molecular weight excluding hydrogens is 288 g/mol. The summed E-state index contributed by atoms with van der Waals surface area (Å²) in [6.45, 7) is 6.64. The predicted molar refractivity (Wildman–Crippen MR) is 82.8 cm³/mol. The van der Waals surface area contributed by atoms with Gasteiger partial charge in [0.25, 0.3) is 10.0 Å². The predicted octanol–water partition coefficient (Wildman–Crippen LogP) is 2.81. The first-order chi connectivity index (χ1) is 9.95. The van der Waals surface area contributed by atoms with Gasteiger partial charge in [0.1, 0.15) is 16.4 Å². The van der Waals surface area contributed by atoms with Gasteiger partial charge in [-0.15, -0.1) is 0 Å². The number of hydrogen-bond acceptors (Lipinski definition) is 4. The Morgan fingerprint density at radius 1 is 1.10 bits per heavy atom. The zero-order valence-corrected chi connectivity index (χ0v) is 13.3. The lowest BCUT2D eigenvalue weighted by molar-refractivity contribution is 0.493. The van der Waals surface area contributed by atoms with Gasteiger partial charge in [-0.25, -0.2) is 8.42 Å². The minimum atomic E-state index is -3.67. The maximum atomic E-state index is 12.6. The van der Waals surface area contributed by atoms with Gasteiger partial charge in [-0.1, -0.05) is 25.1 Å². The summed E-state index contributed by atoms with van der Waals surface area (Å²) in [7, 11) is -3.67. The van der Waals surface area contributed by atoms with Crippen molar-refractivity contribution in [3.05, 3.63) is 47.4 Å². The zero-order valence-electron chi connectivity index (χ0n) is 12.4. The SMILES string of the molecule is CCNCc1c(C)oc(C)c1S(=O)(=O)Nc1ccccc1. The topological polar surface area (TPSA) is 71.3 Å². The maximum absolute atomic E-state index is 12.6. The Morgan fingerprint density at radius 2 is 1.76 bits per heavy atom. The molecule has 0 aliphatic carbocycles. The first kappa shape index (κ1) is 15.6. The molecule has 0 radical (unpaired) electrons. The van der Waals surface area contributed by atoms with Crippen molar-refractivity contribution in [2.75, 3.05) is 11.3 Å². The second kappa shape index (κ2) is 6.32. The van der Waals surface area contributed by atoms with Crippen molar-refractivity contribution >= 4 is 15.7 Å². The summed E-state index contributed by atoms with van der Waals surface area (Å²) in [4.78, 5) is 0.227. The minimum absolute atomic E-state index is 0.227. The number of rotatable bonds is 6. The van der Waals surface area contributed by atoms with Gasteiger partial charge in [0.05, 0.1) is 0 Å². The molecule has 0 atom stereocenters. The molecule has 0 spiro atoms. The van der Waals surface area contributed by atoms with Crippen molar-refractivity contribution in [2.24, 2.45) is 0 Å². The summed E-state index contributed by atoms with van der Waals surface area (Å²) < 4.78 is 33.3. The number of para-hydroxylation sites is 1. The largest absolute Gasteiger partial charge is 0.465 e. The highest BCUT2D eigenvalue weighted by Gasteiger charge is 2.26. The molecule has 0 saturated carbocycles. The number of sulfonamides is 1. The van der Waals surface area contributed by atoms with Gasteiger partial charge < -0.3 is 9.73 Å². The van der Waals surface area contributed by atoms with Gasteiger partial charge in [-0.3, -0.25) is 4.72 Å². The Labute approximate surface area is 125 Å². The van der Waals surface area contributed by atoms with E-state index in [0.717, 1.165) is 6.54 Å². The van der Waals surface area contributed by atoms with Crippen molar-refractivity contribution in [1.29, 1.82) is 0 Å². The quantitative estimate of drug-likeness (QED) is 0.861. The Kier molecular flexibility index (Phi) is 4.69. The molecule has 21 heavy (non-hydrogen) atoms. The number of benzene rings is 1. The molecule has 0 aliphatic rings. The average Bonchev–Trinajstić information content (AvgIpc) is 2.72. The van der Waals surface area contributed by atoms with Crippen LogP contribution >= 0.6 is 0 Å². The number of anilines is 1. The van der Waals surface area contributed by atoms with Crippen LogP contribution in [-0.2, 0) is 16.6 Å². The summed E-state index contributed by atoms with van der Waals surface area (Å²) in [5.41, 5.74) is 1.21. The highest BCUT2D eigenvalue weighted by Crippen LogP contribution is 2.28. The average molecular weight is 308 g/mol. The van der Waals surface area contributed by atoms with Gasteiger partial charge in [0, 0.05) is 17.8 Å². The molecule has 1 aromatic heterocycles. The summed E-state index contributed by atoms with van der Waals surface area (Å²) in [6.07, 6.45) is 0. The van der Waals surface area contributed by atoms with Crippen LogP contribution in [0, 0.1) is 13.8 Å². The molecule has 1 heterocycles. The third-order valence-corrected chi connectivity index (χ3v) is 4.75. The Morgan fingerprint density at radius 3 is 2.38 bits per heavy atom. The summed E-state index contributed by atoms with van der Waals surface area (Å²) in [5, 5.41) is 3.14. The third-order valence-electron chi connectivity index (χ3n) is 3.17. The molecule has 0 unspecified atom stereocenters. The van der Waals surface area contributed by atoms with Crippen LogP contribution in [0.4, 0.5) is 5.69 Å². The molecule has 114 valence electrons. The van der Waals surface area contributed by atoms with E-state index in [-0.39, 0.29) is 4.90 Å². The van der Waals surface area contributed by atoms with Crippen LogP contribution in [0.5, 0.6) is 0 Å². The van der Waals surface area contributed by atoms with Crippen LogP contribution in [0.3, 0.4) is 0 Å². The lowest BCUT2D eigenvalue weighted by Crippen LogP contribution is -2.19. The van der Waals surface area contributed by atoms with Crippen LogP contribution in [0.1, 0.15) is 24.0 Å². The number of aryl methyl sites for hydroxylation is 2. The van der Waals surface area contributed by atoms with Crippen LogP contribution < -0.4 is 10.0 Å². The number of hydrogen-bond donors (Lipinski definition) is 2. The van der Waals surface area contributed by atoms with Gasteiger partial charge in [0.15, 0.2) is 0 Å². The molecule has 0 aliphatic heterocycles. The van der Waals surface area contributed by atoms with E-state index in [9.17, 15) is 8.42 Å². The maximum Gasteiger partial charge on any atom is 0.265 e. The van der Waals surface area contributed by atoms with E-state index < -0.39 is 10.0 Å². The Hall–Kier alpha value is -1.79. The van der Waals surface area contributed by atoms with Gasteiger partial charge >= 0.3 is 0 Å². The summed E-state index contributed by atoms with van der Waals surface area (Å²) in [6, 6.07) is 8.82. The Bertz CT molecular complexity index is 706. The first-order valence-corrected chi connectivity index (χ1v) is 8.31. The summed E-state index contributed by atoms with van der Waals surface area (Å²) in [5.74, 6) is 1.03. The highest BCUT2D eigenvalue weighted by molar-refractivity contribution is 7.92. The molecule has 2 rings (SSSR count). The first-order valence-electron chi connectivity index (χ1n) is 6.83. The zero-order chi connectivity index (χ0) is 15.5. The molecule has 0 saturated heterocycles. The van der Waals surface area contributed by atoms with E-state index >= 15 is 0 Å². The van der Waals surface area contributed by atoms with E-state index in [1.807, 2.05) is 13.0 Å². The van der Waals surface area contributed by atoms with Gasteiger partial charge in [-0.2, -0.15) is 0 Å². The van der Waals surface area contributed by atoms with Crippen molar-refractivity contribution in [3.63, 3.8) is 0 Å². The fourth-order valence-corrected chi connectivity index (χ4v) is 3.74. The normalized spacial score (nSPS) is 11.6. The fourth-order valence-electron chi connectivity index (χ4n) is 2.23. The molecule has 2 aromatic rings. The van der Waals surface area contributed by atoms with Gasteiger partial charge in [0.2, 0.25) is 0 Å². The fraction of sp³-hybridized carbons (Fsp3) is 0.333. The van der Waals surface area contributed by atoms with Crippen molar-refractivity contribution in [2.45, 2.75) is 32.2 Å². The molecule has 0 amide bonds. The number of furan rings is 1. The van der Waals surface area contributed by atoms with Crippen LogP contribution in [0.25, 0.3) is 0 Å². The van der Waals surface area contributed by atoms with Crippen molar-refractivity contribution in [1.82, 2.24) is 5.32 Å². The van der Waals surface area contributed by atoms with E-state index in [4.69, 9.17) is 4.42 Å². The standard InChI is InChI=1S/C15H20N2O3S/c1-4-16-10-14-11(2)20-12(3)15(14)21(18,19)17-13-8-6-5-7-9-13/h5-9,16-17H,4,10H2,1-3H3. The molecule has 2 N–H and O–H groups in total. The van der Waals surface area contributed by atoms with E-state index in [2.05, 4.69) is 10.0 Å². The molecule has 0 fully saturated rings. The Balaban J connectivity index is 2.40. The monoisotopic (exact) mass is 308 g/mol. The second-order valence-corrected chi connectivity index (χ2v) is 6.39. The third kappa shape index (κ3) is 3.46. The van der Waals surface area contributed by atoms with Gasteiger partial charge in [-0.05, 0) is 32.5 Å². The van der Waals surface area contributed by atoms with E-state index in [1.54, 1.807) is 38.1 Å². The lowest BCUT2D eigenvalue weighted by Gasteiger charge is -2.10.